The number of hydrogen-bond acceptors (Lipinski definition) is 6. The molecule has 0 fully saturated rings. The van der Waals surface area contributed by atoms with Crippen LogP contribution < -0.4 is 14.8 Å². The van der Waals surface area contributed by atoms with E-state index in [0.29, 0.717) is 5.95 Å². The minimum atomic E-state index is 0.489. The smallest absolute Gasteiger partial charge is 0.227 e. The lowest BCUT2D eigenvalue weighted by molar-refractivity contribution is 0.414. The fourth-order valence-electron chi connectivity index (χ4n) is 3.02. The molecule has 146 valence electrons. The van der Waals surface area contributed by atoms with Crippen LogP contribution in [0, 0.1) is 6.92 Å². The first kappa shape index (κ1) is 18.5. The molecule has 7 nitrogen and oxygen atoms in total. The van der Waals surface area contributed by atoms with Crippen LogP contribution in [0.25, 0.3) is 16.9 Å². The van der Waals surface area contributed by atoms with E-state index < -0.39 is 0 Å². The Morgan fingerprint density at radius 1 is 0.931 bits per heavy atom. The van der Waals surface area contributed by atoms with Crippen molar-refractivity contribution in [2.45, 2.75) is 6.92 Å². The van der Waals surface area contributed by atoms with E-state index >= 15 is 0 Å². The Morgan fingerprint density at radius 2 is 1.72 bits per heavy atom. The Kier molecular flexibility index (Phi) is 5.11. The number of benzene rings is 2. The number of anilines is 2. The van der Waals surface area contributed by atoms with Gasteiger partial charge in [0.25, 0.3) is 0 Å². The molecule has 2 aromatic carbocycles. The van der Waals surface area contributed by atoms with Crippen molar-refractivity contribution in [1.82, 2.24) is 19.7 Å². The van der Waals surface area contributed by atoms with E-state index in [1.54, 1.807) is 20.4 Å². The summed E-state index contributed by atoms with van der Waals surface area (Å²) in [5.74, 6) is 2.02. The average molecular weight is 387 g/mol. The molecular weight excluding hydrogens is 366 g/mol. The van der Waals surface area contributed by atoms with Crippen molar-refractivity contribution < 1.29 is 9.47 Å². The average Bonchev–Trinajstić information content (AvgIpc) is 3.16. The molecule has 0 unspecified atom stereocenters. The second-order valence-electron chi connectivity index (χ2n) is 6.36. The van der Waals surface area contributed by atoms with Gasteiger partial charge in [0, 0.05) is 18.0 Å². The molecule has 0 aliphatic heterocycles. The van der Waals surface area contributed by atoms with Gasteiger partial charge in [-0.15, -0.1) is 0 Å². The Bertz CT molecular complexity index is 1120. The number of aryl methyl sites for hydroxylation is 1. The van der Waals surface area contributed by atoms with Crippen LogP contribution in [0.5, 0.6) is 11.5 Å². The lowest BCUT2D eigenvalue weighted by Crippen LogP contribution is -1.99. The first-order chi connectivity index (χ1) is 14.2. The van der Waals surface area contributed by atoms with Crippen molar-refractivity contribution in [2.75, 3.05) is 19.5 Å². The predicted octanol–water partition coefficient (Wildman–Crippen LogP) is 4.40. The molecule has 0 saturated carbocycles. The Balaban J connectivity index is 1.63. The molecule has 2 aromatic heterocycles. The van der Waals surface area contributed by atoms with Gasteiger partial charge in [-0.25, -0.2) is 14.6 Å². The molecule has 0 saturated heterocycles. The van der Waals surface area contributed by atoms with E-state index in [-0.39, 0.29) is 0 Å². The molecular formula is C22H21N5O2. The first-order valence-electron chi connectivity index (χ1n) is 9.12. The van der Waals surface area contributed by atoms with Gasteiger partial charge < -0.3 is 14.8 Å². The molecule has 7 heteroatoms. The van der Waals surface area contributed by atoms with Gasteiger partial charge in [0.15, 0.2) is 0 Å². The van der Waals surface area contributed by atoms with Crippen molar-refractivity contribution in [2.24, 2.45) is 0 Å². The van der Waals surface area contributed by atoms with Crippen molar-refractivity contribution >= 4 is 11.6 Å². The van der Waals surface area contributed by atoms with Gasteiger partial charge in [0.1, 0.15) is 11.5 Å². The van der Waals surface area contributed by atoms with Gasteiger partial charge in [-0.05, 0) is 49.4 Å². The third-order valence-corrected chi connectivity index (χ3v) is 4.52. The Labute approximate surface area is 169 Å². The zero-order chi connectivity index (χ0) is 20.2. The summed E-state index contributed by atoms with van der Waals surface area (Å²) in [6, 6.07) is 17.3. The number of aromatic nitrogens is 4. The predicted molar refractivity (Wildman–Crippen MR) is 112 cm³/mol. The van der Waals surface area contributed by atoms with Gasteiger partial charge in [-0.3, -0.25) is 0 Å². The third kappa shape index (κ3) is 3.89. The summed E-state index contributed by atoms with van der Waals surface area (Å²) in [6.07, 6.45) is 3.69. The summed E-state index contributed by atoms with van der Waals surface area (Å²) in [6.45, 7) is 1.96. The number of nitrogens with zero attached hydrogens (tertiary/aromatic N) is 4. The number of nitrogens with one attached hydrogen (secondary N) is 1. The minimum Gasteiger partial charge on any atom is -0.497 e. The summed E-state index contributed by atoms with van der Waals surface area (Å²) in [5, 5.41) is 7.84. The molecule has 0 amide bonds. The molecule has 0 aliphatic carbocycles. The lowest BCUT2D eigenvalue weighted by Gasteiger charge is -2.10. The molecule has 29 heavy (non-hydrogen) atoms. The molecule has 0 atom stereocenters. The van der Waals surface area contributed by atoms with E-state index in [9.17, 15) is 0 Å². The van der Waals surface area contributed by atoms with Crippen molar-refractivity contribution in [3.63, 3.8) is 0 Å². The van der Waals surface area contributed by atoms with Crippen LogP contribution in [0.1, 0.15) is 5.69 Å². The number of ether oxygens (including phenoxy) is 2. The summed E-state index contributed by atoms with van der Waals surface area (Å²) < 4.78 is 12.4. The number of methoxy groups -OCH3 is 2. The topological polar surface area (TPSA) is 74.1 Å². The van der Waals surface area contributed by atoms with Crippen LogP contribution in [0.2, 0.25) is 0 Å². The maximum absolute atomic E-state index is 5.38. The van der Waals surface area contributed by atoms with Crippen LogP contribution in [0.15, 0.2) is 67.0 Å². The van der Waals surface area contributed by atoms with E-state index in [1.165, 1.54) is 0 Å². The second-order valence-corrected chi connectivity index (χ2v) is 6.36. The van der Waals surface area contributed by atoms with E-state index in [1.807, 2.05) is 72.4 Å². The van der Waals surface area contributed by atoms with Crippen LogP contribution in [0.4, 0.5) is 11.6 Å². The van der Waals surface area contributed by atoms with Crippen LogP contribution in [-0.2, 0) is 0 Å². The Morgan fingerprint density at radius 3 is 2.48 bits per heavy atom. The van der Waals surface area contributed by atoms with Crippen LogP contribution in [0.3, 0.4) is 0 Å². The number of rotatable bonds is 6. The van der Waals surface area contributed by atoms with Gasteiger partial charge in [0.2, 0.25) is 5.95 Å². The largest absolute Gasteiger partial charge is 0.497 e. The fraction of sp³-hybridized carbons (Fsp3) is 0.136. The third-order valence-electron chi connectivity index (χ3n) is 4.52. The number of para-hydroxylation sites is 2. The Hall–Kier alpha value is -3.87. The molecule has 1 N–H and O–H groups in total. The highest BCUT2D eigenvalue weighted by Gasteiger charge is 2.12. The molecule has 0 bridgehead atoms. The van der Waals surface area contributed by atoms with E-state index in [4.69, 9.17) is 9.47 Å². The maximum Gasteiger partial charge on any atom is 0.227 e. The standard InChI is InChI=1S/C22H21N5O2/c1-15-18(14-27(26-15)16-8-10-17(28-2)11-9-16)19-12-13-23-22(24-19)25-20-6-4-5-7-21(20)29-3/h4-14H,1-3H3,(H,23,24,25). The van der Waals surface area contributed by atoms with Gasteiger partial charge in [-0.1, -0.05) is 12.1 Å². The first-order valence-corrected chi connectivity index (χ1v) is 9.12. The van der Waals surface area contributed by atoms with Gasteiger partial charge in [-0.2, -0.15) is 5.10 Å². The highest BCUT2D eigenvalue weighted by molar-refractivity contribution is 5.66. The van der Waals surface area contributed by atoms with Crippen molar-refractivity contribution in [3.05, 3.63) is 72.7 Å². The summed E-state index contributed by atoms with van der Waals surface area (Å²) in [4.78, 5) is 8.99. The van der Waals surface area contributed by atoms with Gasteiger partial charge in [0.05, 0.1) is 37.0 Å². The zero-order valence-corrected chi connectivity index (χ0v) is 16.5. The molecule has 2 heterocycles. The molecule has 4 rings (SSSR count). The lowest BCUT2D eigenvalue weighted by atomic mass is 10.2. The van der Waals surface area contributed by atoms with Crippen LogP contribution >= 0.6 is 0 Å². The monoisotopic (exact) mass is 387 g/mol. The van der Waals surface area contributed by atoms with Gasteiger partial charge >= 0.3 is 0 Å². The summed E-state index contributed by atoms with van der Waals surface area (Å²) in [7, 11) is 3.28. The SMILES string of the molecule is COc1ccc(-n2cc(-c3ccnc(Nc4ccccc4OC)n3)c(C)n2)cc1. The van der Waals surface area contributed by atoms with E-state index in [2.05, 4.69) is 20.4 Å². The molecule has 4 aromatic rings. The summed E-state index contributed by atoms with van der Waals surface area (Å²) >= 11 is 0. The van der Waals surface area contributed by atoms with Crippen LogP contribution in [-0.4, -0.2) is 34.0 Å². The second kappa shape index (κ2) is 8.02. The molecule has 0 spiro atoms. The summed E-state index contributed by atoms with van der Waals surface area (Å²) in [5.41, 5.74) is 4.35. The maximum atomic E-state index is 5.38. The quantitative estimate of drug-likeness (QED) is 0.529. The fourth-order valence-corrected chi connectivity index (χ4v) is 3.02. The van der Waals surface area contributed by atoms with Crippen molar-refractivity contribution in [1.29, 1.82) is 0 Å². The van der Waals surface area contributed by atoms with Crippen molar-refractivity contribution in [3.8, 4) is 28.4 Å². The zero-order valence-electron chi connectivity index (χ0n) is 16.5. The minimum absolute atomic E-state index is 0.489. The number of hydrogen-bond donors (Lipinski definition) is 1. The highest BCUT2D eigenvalue weighted by atomic mass is 16.5. The molecule has 0 radical (unpaired) electrons. The van der Waals surface area contributed by atoms with E-state index in [0.717, 1.165) is 39.8 Å². The normalized spacial score (nSPS) is 10.6. The highest BCUT2D eigenvalue weighted by Crippen LogP contribution is 2.27. The molecule has 0 aliphatic rings.